The van der Waals surface area contributed by atoms with Crippen LogP contribution in [0.25, 0.3) is 0 Å². The van der Waals surface area contributed by atoms with E-state index in [2.05, 4.69) is 6.92 Å². The Bertz CT molecular complexity index is 355. The second-order valence-corrected chi connectivity index (χ2v) is 8.66. The second-order valence-electron chi connectivity index (χ2n) is 8.66. The number of ether oxygens (including phenoxy) is 3. The second kappa shape index (κ2) is 18.2. The van der Waals surface area contributed by atoms with E-state index in [0.29, 0.717) is 26.4 Å². The van der Waals surface area contributed by atoms with Crippen LogP contribution in [0.4, 0.5) is 4.79 Å². The summed E-state index contributed by atoms with van der Waals surface area (Å²) in [4.78, 5) is 13.3. The lowest BCUT2D eigenvalue weighted by Crippen LogP contribution is -2.36. The maximum Gasteiger partial charge on any atom is 0.410 e. The van der Waals surface area contributed by atoms with Crippen molar-refractivity contribution in [3.8, 4) is 0 Å². The molecule has 28 heavy (non-hydrogen) atoms. The number of carbonyl (C=O) groups excluding carboxylic acids is 1. The highest BCUT2D eigenvalue weighted by Gasteiger charge is 2.19. The number of likely N-dealkylation sites (N-methyl/N-ethyl adjacent to an activating group) is 1. The third kappa shape index (κ3) is 19.9. The molecule has 0 saturated heterocycles. The molecule has 0 N–H and O–H groups in total. The first-order valence-corrected chi connectivity index (χ1v) is 11.5. The first-order valence-electron chi connectivity index (χ1n) is 11.5. The minimum absolute atomic E-state index is 0.316. The largest absolute Gasteiger partial charge is 0.444 e. The lowest BCUT2D eigenvalue weighted by molar-refractivity contribution is 0.0157. The van der Waals surface area contributed by atoms with Gasteiger partial charge in [0, 0.05) is 20.2 Å². The van der Waals surface area contributed by atoms with Gasteiger partial charge in [0.25, 0.3) is 0 Å². The highest BCUT2D eigenvalue weighted by Crippen LogP contribution is 2.11. The zero-order valence-electron chi connectivity index (χ0n) is 19.4. The van der Waals surface area contributed by atoms with Gasteiger partial charge >= 0.3 is 6.09 Å². The topological polar surface area (TPSA) is 48.0 Å². The molecule has 0 spiro atoms. The molecule has 0 unspecified atom stereocenters. The van der Waals surface area contributed by atoms with Gasteiger partial charge in [-0.25, -0.2) is 4.79 Å². The molecule has 0 atom stereocenters. The fourth-order valence-corrected chi connectivity index (χ4v) is 2.82. The molecule has 0 aliphatic carbocycles. The first-order chi connectivity index (χ1) is 13.4. The molecule has 0 aromatic rings. The molecule has 5 heteroatoms. The van der Waals surface area contributed by atoms with Crippen molar-refractivity contribution in [2.75, 3.05) is 40.0 Å². The van der Waals surface area contributed by atoms with E-state index in [1.54, 1.807) is 7.05 Å². The fourth-order valence-electron chi connectivity index (χ4n) is 2.82. The molecular formula is C23H47NO4. The Kier molecular flexibility index (Phi) is 17.7. The van der Waals surface area contributed by atoms with Crippen molar-refractivity contribution in [3.63, 3.8) is 0 Å². The van der Waals surface area contributed by atoms with Crippen molar-refractivity contribution in [2.24, 2.45) is 0 Å². The molecule has 0 aromatic carbocycles. The van der Waals surface area contributed by atoms with Crippen molar-refractivity contribution in [3.05, 3.63) is 0 Å². The summed E-state index contributed by atoms with van der Waals surface area (Å²) in [6.45, 7) is 10.9. The van der Waals surface area contributed by atoms with Crippen LogP contribution in [0.1, 0.15) is 98.3 Å². The van der Waals surface area contributed by atoms with Crippen molar-refractivity contribution >= 4 is 6.09 Å². The minimum Gasteiger partial charge on any atom is -0.444 e. The zero-order chi connectivity index (χ0) is 21.1. The van der Waals surface area contributed by atoms with Crippen LogP contribution in [-0.4, -0.2) is 56.6 Å². The van der Waals surface area contributed by atoms with E-state index >= 15 is 0 Å². The van der Waals surface area contributed by atoms with Crippen LogP contribution >= 0.6 is 0 Å². The van der Waals surface area contributed by atoms with Gasteiger partial charge in [-0.05, 0) is 27.2 Å². The molecule has 168 valence electrons. The Morgan fingerprint density at radius 1 is 0.714 bits per heavy atom. The lowest BCUT2D eigenvalue weighted by atomic mass is 10.1. The molecule has 0 heterocycles. The Hall–Kier alpha value is -0.810. The third-order valence-electron chi connectivity index (χ3n) is 4.54. The summed E-state index contributed by atoms with van der Waals surface area (Å²) in [6.07, 6.45) is 14.5. The molecule has 0 aliphatic rings. The van der Waals surface area contributed by atoms with Crippen molar-refractivity contribution in [2.45, 2.75) is 104 Å². The summed E-state index contributed by atoms with van der Waals surface area (Å²) in [5.41, 5.74) is -0.464. The van der Waals surface area contributed by atoms with E-state index < -0.39 is 5.60 Å². The van der Waals surface area contributed by atoms with E-state index in [1.165, 1.54) is 69.1 Å². The Morgan fingerprint density at radius 2 is 1.18 bits per heavy atom. The smallest absolute Gasteiger partial charge is 0.410 e. The van der Waals surface area contributed by atoms with Crippen LogP contribution in [0, 0.1) is 0 Å². The Labute approximate surface area is 174 Å². The Morgan fingerprint density at radius 3 is 1.68 bits per heavy atom. The predicted octanol–water partition coefficient (Wildman–Crippen LogP) is 6.20. The van der Waals surface area contributed by atoms with E-state index in [0.717, 1.165) is 13.0 Å². The molecule has 0 aromatic heterocycles. The molecule has 0 fully saturated rings. The molecule has 0 aliphatic heterocycles. The van der Waals surface area contributed by atoms with Crippen LogP contribution in [0.3, 0.4) is 0 Å². The highest BCUT2D eigenvalue weighted by atomic mass is 16.6. The maximum absolute atomic E-state index is 11.8. The maximum atomic E-state index is 11.8. The van der Waals surface area contributed by atoms with Crippen molar-refractivity contribution in [1.29, 1.82) is 0 Å². The highest BCUT2D eigenvalue weighted by molar-refractivity contribution is 5.67. The minimum atomic E-state index is -0.464. The van der Waals surface area contributed by atoms with Gasteiger partial charge in [0.2, 0.25) is 0 Å². The van der Waals surface area contributed by atoms with Gasteiger partial charge in [-0.15, -0.1) is 0 Å². The van der Waals surface area contributed by atoms with Crippen LogP contribution in [-0.2, 0) is 14.2 Å². The van der Waals surface area contributed by atoms with Crippen LogP contribution < -0.4 is 0 Å². The average molecular weight is 402 g/mol. The molecule has 0 radical (unpaired) electrons. The summed E-state index contributed by atoms with van der Waals surface area (Å²) >= 11 is 0. The number of hydrogen-bond acceptors (Lipinski definition) is 4. The molecule has 0 saturated carbocycles. The summed E-state index contributed by atoms with van der Waals surface area (Å²) in [7, 11) is 1.72. The van der Waals surface area contributed by atoms with Gasteiger partial charge in [0.1, 0.15) is 5.60 Å². The SMILES string of the molecule is CCCCCCCCCCCCCOCCOCCN(C)C(=O)OC(C)(C)C. The summed E-state index contributed by atoms with van der Waals surface area (Å²) in [5.74, 6) is 0. The summed E-state index contributed by atoms with van der Waals surface area (Å²) in [5, 5.41) is 0. The predicted molar refractivity (Wildman–Crippen MR) is 117 cm³/mol. The lowest BCUT2D eigenvalue weighted by Gasteiger charge is -2.24. The number of amides is 1. The van der Waals surface area contributed by atoms with Gasteiger partial charge in [-0.2, -0.15) is 0 Å². The van der Waals surface area contributed by atoms with E-state index in [1.807, 2.05) is 20.8 Å². The third-order valence-corrected chi connectivity index (χ3v) is 4.54. The monoisotopic (exact) mass is 401 g/mol. The zero-order valence-corrected chi connectivity index (χ0v) is 19.4. The molecule has 5 nitrogen and oxygen atoms in total. The standard InChI is InChI=1S/C23H47NO4/c1-6-7-8-9-10-11-12-13-14-15-16-18-26-20-21-27-19-17-24(5)22(25)28-23(2,3)4/h6-21H2,1-5H3. The number of nitrogens with zero attached hydrogens (tertiary/aromatic N) is 1. The van der Waals surface area contributed by atoms with E-state index in [4.69, 9.17) is 14.2 Å². The normalized spacial score (nSPS) is 11.6. The van der Waals surface area contributed by atoms with E-state index in [9.17, 15) is 4.79 Å². The fraction of sp³-hybridized carbons (Fsp3) is 0.957. The van der Waals surface area contributed by atoms with Gasteiger partial charge in [-0.1, -0.05) is 71.1 Å². The van der Waals surface area contributed by atoms with E-state index in [-0.39, 0.29) is 6.09 Å². The first kappa shape index (κ1) is 27.2. The van der Waals surface area contributed by atoms with Crippen molar-refractivity contribution < 1.29 is 19.0 Å². The van der Waals surface area contributed by atoms with Gasteiger partial charge < -0.3 is 19.1 Å². The number of carbonyl (C=O) groups is 1. The molecule has 0 bridgehead atoms. The van der Waals surface area contributed by atoms with Crippen LogP contribution in [0.15, 0.2) is 0 Å². The number of hydrogen-bond donors (Lipinski definition) is 0. The van der Waals surface area contributed by atoms with Gasteiger partial charge in [0.15, 0.2) is 0 Å². The van der Waals surface area contributed by atoms with Crippen LogP contribution in [0.2, 0.25) is 0 Å². The number of unbranched alkanes of at least 4 members (excludes halogenated alkanes) is 10. The summed E-state index contributed by atoms with van der Waals surface area (Å²) in [6, 6.07) is 0. The molecule has 0 rings (SSSR count). The van der Waals surface area contributed by atoms with Gasteiger partial charge in [0.05, 0.1) is 19.8 Å². The molecular weight excluding hydrogens is 354 g/mol. The quantitative estimate of drug-likeness (QED) is 0.257. The van der Waals surface area contributed by atoms with Crippen molar-refractivity contribution in [1.82, 2.24) is 4.90 Å². The average Bonchev–Trinajstić information content (AvgIpc) is 2.62. The van der Waals surface area contributed by atoms with Crippen LogP contribution in [0.5, 0.6) is 0 Å². The summed E-state index contributed by atoms with van der Waals surface area (Å²) < 4.78 is 16.4. The number of rotatable bonds is 18. The molecule has 1 amide bonds. The Balaban J connectivity index is 3.24. The van der Waals surface area contributed by atoms with Gasteiger partial charge in [-0.3, -0.25) is 0 Å².